The van der Waals surface area contributed by atoms with Crippen LogP contribution in [0, 0.1) is 0 Å². The van der Waals surface area contributed by atoms with Gasteiger partial charge in [-0.25, -0.2) is 0 Å². The number of alkyl halides is 6. The van der Waals surface area contributed by atoms with Gasteiger partial charge in [-0.1, -0.05) is 51.4 Å². The van der Waals surface area contributed by atoms with Crippen LogP contribution in [0.3, 0.4) is 0 Å². The number of carbonyl (C=O) groups excluding carboxylic acids is 2. The predicted octanol–water partition coefficient (Wildman–Crippen LogP) is 10.3. The van der Waals surface area contributed by atoms with E-state index in [0.29, 0.717) is 34.3 Å². The first-order chi connectivity index (χ1) is 26.8. The van der Waals surface area contributed by atoms with Crippen molar-refractivity contribution in [2.75, 3.05) is 0 Å². The van der Waals surface area contributed by atoms with Crippen molar-refractivity contribution in [1.29, 1.82) is 0 Å². The highest BCUT2D eigenvalue weighted by atomic mass is 19.4. The summed E-state index contributed by atoms with van der Waals surface area (Å²) in [5.41, 5.74) is 0.627. The quantitative estimate of drug-likeness (QED) is 0.181. The molecule has 0 radical (unpaired) electrons. The maximum atomic E-state index is 13.1. The lowest BCUT2D eigenvalue weighted by Gasteiger charge is -2.35. The van der Waals surface area contributed by atoms with Gasteiger partial charge in [0.25, 0.3) is 11.8 Å². The van der Waals surface area contributed by atoms with Gasteiger partial charge in [0.1, 0.15) is 0 Å². The molecule has 56 heavy (non-hydrogen) atoms. The van der Waals surface area contributed by atoms with Gasteiger partial charge >= 0.3 is 12.4 Å². The summed E-state index contributed by atoms with van der Waals surface area (Å²) in [5, 5.41) is 13.8. The van der Waals surface area contributed by atoms with E-state index in [9.17, 15) is 35.9 Å². The number of amides is 2. The third kappa shape index (κ3) is 10.7. The molecule has 0 heterocycles. The third-order valence-corrected chi connectivity index (χ3v) is 13.1. The van der Waals surface area contributed by atoms with Crippen molar-refractivity contribution in [3.8, 4) is 0 Å². The molecule has 6 aliphatic rings. The molecule has 0 aliphatic heterocycles. The minimum atomic E-state index is -4.38. The van der Waals surface area contributed by atoms with Crippen molar-refractivity contribution in [2.45, 2.75) is 189 Å². The highest BCUT2D eigenvalue weighted by molar-refractivity contribution is 5.97. The summed E-state index contributed by atoms with van der Waals surface area (Å²) in [6.45, 7) is 0. The van der Waals surface area contributed by atoms with Gasteiger partial charge in [0.15, 0.2) is 0 Å². The van der Waals surface area contributed by atoms with Crippen molar-refractivity contribution in [2.24, 2.45) is 0 Å². The van der Waals surface area contributed by atoms with Crippen LogP contribution < -0.4 is 21.3 Å². The molecule has 308 valence electrons. The van der Waals surface area contributed by atoms with Crippen LogP contribution in [0.2, 0.25) is 0 Å². The Morgan fingerprint density at radius 1 is 0.446 bits per heavy atom. The molecule has 0 aromatic heterocycles. The Morgan fingerprint density at radius 3 is 1.09 bits per heavy atom. The molecule has 2 aromatic rings. The van der Waals surface area contributed by atoms with Crippen molar-refractivity contribution < 1.29 is 35.9 Å². The average Bonchev–Trinajstić information content (AvgIpc) is 4.10. The van der Waals surface area contributed by atoms with Gasteiger partial charge in [-0.15, -0.1) is 0 Å². The van der Waals surface area contributed by atoms with Crippen LogP contribution in [0.5, 0.6) is 0 Å². The van der Waals surface area contributed by atoms with E-state index in [1.54, 1.807) is 0 Å². The summed E-state index contributed by atoms with van der Waals surface area (Å²) in [5.74, 6) is -0.273. The van der Waals surface area contributed by atoms with Gasteiger partial charge in [0.05, 0.1) is 11.1 Å². The Bertz CT molecular complexity index is 1540. The van der Waals surface area contributed by atoms with E-state index >= 15 is 0 Å². The molecule has 6 saturated carbocycles. The van der Waals surface area contributed by atoms with E-state index in [0.717, 1.165) is 89.2 Å². The second kappa shape index (κ2) is 17.8. The summed E-state index contributed by atoms with van der Waals surface area (Å²) in [6, 6.07) is 8.88. The highest BCUT2D eigenvalue weighted by Gasteiger charge is 2.38. The summed E-state index contributed by atoms with van der Waals surface area (Å²) >= 11 is 0. The maximum Gasteiger partial charge on any atom is 0.416 e. The Kier molecular flexibility index (Phi) is 13.0. The smallest absolute Gasteiger partial charge is 0.348 e. The molecule has 12 heteroatoms. The van der Waals surface area contributed by atoms with Crippen LogP contribution in [0.1, 0.15) is 183 Å². The molecule has 6 nitrogen and oxygen atoms in total. The van der Waals surface area contributed by atoms with Gasteiger partial charge in [-0.2, -0.15) is 26.3 Å². The fourth-order valence-corrected chi connectivity index (χ4v) is 9.64. The molecule has 0 bridgehead atoms. The van der Waals surface area contributed by atoms with Gasteiger partial charge in [-0.3, -0.25) is 9.59 Å². The van der Waals surface area contributed by atoms with Crippen LogP contribution >= 0.6 is 0 Å². The number of hydrogen-bond donors (Lipinski definition) is 4. The maximum absolute atomic E-state index is 13.1. The zero-order chi connectivity index (χ0) is 39.5. The number of hydrogen-bond acceptors (Lipinski definition) is 4. The lowest BCUT2D eigenvalue weighted by atomic mass is 9.89. The van der Waals surface area contributed by atoms with Gasteiger partial charge in [-0.05, 0) is 136 Å². The molecule has 0 saturated heterocycles. The van der Waals surface area contributed by atoms with E-state index in [1.165, 1.54) is 75.6 Å². The Morgan fingerprint density at radius 2 is 0.768 bits per heavy atom. The summed E-state index contributed by atoms with van der Waals surface area (Å²) in [4.78, 5) is 26.0. The van der Waals surface area contributed by atoms with E-state index in [1.807, 2.05) is 0 Å². The normalized spacial score (nSPS) is 26.4. The predicted molar refractivity (Wildman–Crippen MR) is 205 cm³/mol. The van der Waals surface area contributed by atoms with Crippen LogP contribution in [0.15, 0.2) is 36.4 Å². The van der Waals surface area contributed by atoms with Crippen molar-refractivity contribution >= 4 is 11.8 Å². The summed E-state index contributed by atoms with van der Waals surface area (Å²) < 4.78 is 78.6. The zero-order valence-corrected chi connectivity index (χ0v) is 32.3. The summed E-state index contributed by atoms with van der Waals surface area (Å²) in [6.07, 6.45) is 12.9. The van der Waals surface area contributed by atoms with Crippen molar-refractivity contribution in [3.05, 3.63) is 69.8 Å². The fraction of sp³-hybridized carbons (Fsp3) is 0.682. The molecule has 6 aliphatic carbocycles. The first kappa shape index (κ1) is 41.1. The van der Waals surface area contributed by atoms with Crippen molar-refractivity contribution in [3.63, 3.8) is 0 Å². The molecule has 2 aromatic carbocycles. The molecular formula is C44H58F6N4O2. The number of benzene rings is 2. The number of carbonyl (C=O) groups is 2. The van der Waals surface area contributed by atoms with Gasteiger partial charge < -0.3 is 21.3 Å². The molecular weight excluding hydrogens is 730 g/mol. The van der Waals surface area contributed by atoms with Crippen LogP contribution in [-0.4, -0.2) is 48.1 Å². The monoisotopic (exact) mass is 788 g/mol. The Balaban J connectivity index is 0.000000172. The van der Waals surface area contributed by atoms with Crippen molar-refractivity contribution in [1.82, 2.24) is 21.3 Å². The second-order valence-electron chi connectivity index (χ2n) is 17.4. The first-order valence-electron chi connectivity index (χ1n) is 21.4. The van der Waals surface area contributed by atoms with Gasteiger partial charge in [0.2, 0.25) is 0 Å². The molecule has 8 rings (SSSR count). The largest absolute Gasteiger partial charge is 0.416 e. The lowest BCUT2D eigenvalue weighted by Crippen LogP contribution is -2.53. The van der Waals surface area contributed by atoms with E-state index in [4.69, 9.17) is 0 Å². The number of halogens is 6. The average molecular weight is 789 g/mol. The second-order valence-corrected chi connectivity index (χ2v) is 17.4. The SMILES string of the molecule is O=C(N[C@@H]1CCCC[C@@H]1NC1CCCC1)c1ccc(C(F)(F)F)cc1C1CC1.O=C(N[C@H]1CCCC[C@H]1NC1CCCC1)c1ccc(C(F)(F)F)cc1C1CC1. The van der Waals surface area contributed by atoms with Crippen LogP contribution in [0.25, 0.3) is 0 Å². The Labute approximate surface area is 327 Å². The highest BCUT2D eigenvalue weighted by Crippen LogP contribution is 2.45. The van der Waals surface area contributed by atoms with E-state index < -0.39 is 23.5 Å². The zero-order valence-electron chi connectivity index (χ0n) is 32.3. The fourth-order valence-electron chi connectivity index (χ4n) is 9.64. The van der Waals surface area contributed by atoms with E-state index in [2.05, 4.69) is 21.3 Å². The molecule has 0 spiro atoms. The minimum absolute atomic E-state index is 0.0520. The number of nitrogens with one attached hydrogen (secondary N) is 4. The molecule has 4 N–H and O–H groups in total. The Hall–Kier alpha value is -3.12. The van der Waals surface area contributed by atoms with Crippen LogP contribution in [-0.2, 0) is 12.4 Å². The minimum Gasteiger partial charge on any atom is -0.348 e. The standard InChI is InChI=1S/2C22H29F3N2O/c2*23-22(24,25)15-11-12-17(18(13-15)14-9-10-14)21(28)27-20-8-4-3-7-19(20)26-16-5-1-2-6-16/h2*11-14,16,19-20,26H,1-10H2,(H,27,28)/t2*19-,20+/m10/s1. The number of rotatable bonds is 10. The lowest BCUT2D eigenvalue weighted by molar-refractivity contribution is -0.138. The topological polar surface area (TPSA) is 82.3 Å². The van der Waals surface area contributed by atoms with Gasteiger partial charge in [0, 0.05) is 47.4 Å². The molecule has 4 atom stereocenters. The molecule has 0 unspecified atom stereocenters. The third-order valence-electron chi connectivity index (χ3n) is 13.1. The molecule has 6 fully saturated rings. The van der Waals surface area contributed by atoms with E-state index in [-0.39, 0.29) is 47.8 Å². The summed E-state index contributed by atoms with van der Waals surface area (Å²) in [7, 11) is 0. The first-order valence-corrected chi connectivity index (χ1v) is 21.4. The molecule has 2 amide bonds. The van der Waals surface area contributed by atoms with Crippen LogP contribution in [0.4, 0.5) is 26.3 Å².